The quantitative estimate of drug-likeness (QED) is 0.682. The van der Waals surface area contributed by atoms with Gasteiger partial charge < -0.3 is 8.85 Å². The minimum Gasteiger partial charge on any atom is -0.393 e. The minimum atomic E-state index is -1.90. The highest BCUT2D eigenvalue weighted by atomic mass is 28.3. The molecular formula is C12H19FO2Si. The van der Waals surface area contributed by atoms with Crippen LogP contribution in [-0.2, 0) is 8.85 Å². The van der Waals surface area contributed by atoms with E-state index < -0.39 is 9.28 Å². The van der Waals surface area contributed by atoms with Gasteiger partial charge in [-0.15, -0.1) is 0 Å². The SMILES string of the molecule is CCCO[SiH](OCCC)c1cccc(F)c1. The van der Waals surface area contributed by atoms with Crippen molar-refractivity contribution in [1.82, 2.24) is 0 Å². The average Bonchev–Trinajstić information content (AvgIpc) is 2.29. The summed E-state index contributed by atoms with van der Waals surface area (Å²) in [4.78, 5) is 0. The Morgan fingerprint density at radius 1 is 1.12 bits per heavy atom. The Hall–Kier alpha value is -0.713. The molecule has 0 atom stereocenters. The van der Waals surface area contributed by atoms with Crippen molar-refractivity contribution in [2.75, 3.05) is 13.2 Å². The van der Waals surface area contributed by atoms with Gasteiger partial charge in [0.2, 0.25) is 0 Å². The lowest BCUT2D eigenvalue weighted by molar-refractivity contribution is 0.207. The fourth-order valence-corrected chi connectivity index (χ4v) is 3.29. The summed E-state index contributed by atoms with van der Waals surface area (Å²) in [6, 6.07) is 6.54. The summed E-state index contributed by atoms with van der Waals surface area (Å²) in [5, 5.41) is 0.877. The van der Waals surface area contributed by atoms with Crippen LogP contribution in [0.2, 0.25) is 0 Å². The van der Waals surface area contributed by atoms with Gasteiger partial charge in [0.1, 0.15) is 5.82 Å². The summed E-state index contributed by atoms with van der Waals surface area (Å²) < 4.78 is 24.5. The molecule has 0 aromatic heterocycles. The number of halogens is 1. The van der Waals surface area contributed by atoms with Crippen LogP contribution in [0.4, 0.5) is 4.39 Å². The van der Waals surface area contributed by atoms with Crippen molar-refractivity contribution >= 4 is 14.5 Å². The van der Waals surface area contributed by atoms with Crippen molar-refractivity contribution in [3.63, 3.8) is 0 Å². The Morgan fingerprint density at radius 2 is 1.75 bits per heavy atom. The molecule has 0 radical (unpaired) electrons. The van der Waals surface area contributed by atoms with Gasteiger partial charge in [-0.25, -0.2) is 4.39 Å². The normalized spacial score (nSPS) is 11.0. The third kappa shape index (κ3) is 4.43. The van der Waals surface area contributed by atoms with Gasteiger partial charge in [0.25, 0.3) is 0 Å². The van der Waals surface area contributed by atoms with E-state index in [1.165, 1.54) is 12.1 Å². The summed E-state index contributed by atoms with van der Waals surface area (Å²) >= 11 is 0. The van der Waals surface area contributed by atoms with Gasteiger partial charge in [-0.3, -0.25) is 0 Å². The molecule has 1 rings (SSSR count). The molecule has 0 amide bonds. The lowest BCUT2D eigenvalue weighted by Crippen LogP contribution is -2.37. The second-order valence-electron chi connectivity index (χ2n) is 3.63. The minimum absolute atomic E-state index is 0.227. The monoisotopic (exact) mass is 242 g/mol. The molecule has 0 unspecified atom stereocenters. The fraction of sp³-hybridized carbons (Fsp3) is 0.500. The van der Waals surface area contributed by atoms with E-state index in [1.807, 2.05) is 6.07 Å². The largest absolute Gasteiger partial charge is 0.393 e. The van der Waals surface area contributed by atoms with Crippen molar-refractivity contribution in [2.24, 2.45) is 0 Å². The Balaban J connectivity index is 2.66. The fourth-order valence-electron chi connectivity index (χ4n) is 1.34. The van der Waals surface area contributed by atoms with Crippen molar-refractivity contribution < 1.29 is 13.2 Å². The first-order valence-corrected chi connectivity index (χ1v) is 7.28. The van der Waals surface area contributed by atoms with Crippen LogP contribution < -0.4 is 5.19 Å². The molecule has 0 spiro atoms. The first-order chi connectivity index (χ1) is 7.77. The molecule has 0 fully saturated rings. The Bertz CT molecular complexity index is 299. The molecule has 0 heterocycles. The van der Waals surface area contributed by atoms with E-state index in [1.54, 1.807) is 6.07 Å². The molecule has 0 aliphatic heterocycles. The molecule has 0 aliphatic carbocycles. The predicted octanol–water partition coefficient (Wildman–Crippen LogP) is 2.11. The molecule has 0 saturated carbocycles. The second kappa shape index (κ2) is 7.54. The Labute approximate surface area is 98.2 Å². The maximum Gasteiger partial charge on any atom is 0.355 e. The van der Waals surface area contributed by atoms with Crippen molar-refractivity contribution in [2.45, 2.75) is 26.7 Å². The van der Waals surface area contributed by atoms with Gasteiger partial charge >= 0.3 is 9.28 Å². The highest BCUT2D eigenvalue weighted by Gasteiger charge is 2.16. The van der Waals surface area contributed by atoms with Crippen molar-refractivity contribution in [3.8, 4) is 0 Å². The van der Waals surface area contributed by atoms with Gasteiger partial charge in [-0.05, 0) is 30.2 Å². The number of hydrogen-bond donors (Lipinski definition) is 0. The maximum atomic E-state index is 13.1. The standard InChI is InChI=1S/C12H19FO2Si/c1-3-8-14-16(15-9-4-2)12-7-5-6-11(13)10-12/h5-7,10,16H,3-4,8-9H2,1-2H3. The summed E-state index contributed by atoms with van der Waals surface area (Å²) in [7, 11) is -1.90. The molecule has 0 bridgehead atoms. The van der Waals surface area contributed by atoms with E-state index in [0.29, 0.717) is 13.2 Å². The van der Waals surface area contributed by atoms with Crippen LogP contribution in [0.15, 0.2) is 24.3 Å². The molecule has 90 valence electrons. The molecule has 0 aliphatic rings. The first kappa shape index (κ1) is 13.4. The topological polar surface area (TPSA) is 18.5 Å². The molecule has 1 aromatic carbocycles. The zero-order chi connectivity index (χ0) is 11.8. The second-order valence-corrected chi connectivity index (χ2v) is 5.63. The van der Waals surface area contributed by atoms with Crippen LogP contribution in [0.5, 0.6) is 0 Å². The highest BCUT2D eigenvalue weighted by molar-refractivity contribution is 6.61. The maximum absolute atomic E-state index is 13.1. The average molecular weight is 242 g/mol. The van der Waals surface area contributed by atoms with Gasteiger partial charge in [0.05, 0.1) is 0 Å². The van der Waals surface area contributed by atoms with Crippen molar-refractivity contribution in [1.29, 1.82) is 0 Å². The summed E-state index contributed by atoms with van der Waals surface area (Å²) in [6.45, 7) is 5.46. The van der Waals surface area contributed by atoms with Crippen LogP contribution >= 0.6 is 0 Å². The van der Waals surface area contributed by atoms with Gasteiger partial charge in [-0.2, -0.15) is 0 Å². The lowest BCUT2D eigenvalue weighted by Gasteiger charge is -2.16. The zero-order valence-corrected chi connectivity index (χ0v) is 11.1. The van der Waals surface area contributed by atoms with E-state index in [-0.39, 0.29) is 5.82 Å². The number of benzene rings is 1. The van der Waals surface area contributed by atoms with E-state index in [0.717, 1.165) is 18.0 Å². The summed E-state index contributed by atoms with van der Waals surface area (Å²) in [6.07, 6.45) is 1.91. The van der Waals surface area contributed by atoms with E-state index in [2.05, 4.69) is 13.8 Å². The Morgan fingerprint density at radius 3 is 2.25 bits per heavy atom. The molecule has 16 heavy (non-hydrogen) atoms. The van der Waals surface area contributed by atoms with Gasteiger partial charge in [0, 0.05) is 13.2 Å². The van der Waals surface area contributed by atoms with Crippen LogP contribution in [0.25, 0.3) is 0 Å². The van der Waals surface area contributed by atoms with E-state index in [9.17, 15) is 4.39 Å². The van der Waals surface area contributed by atoms with Crippen LogP contribution in [0.1, 0.15) is 26.7 Å². The smallest absolute Gasteiger partial charge is 0.355 e. The summed E-state index contributed by atoms with van der Waals surface area (Å²) in [5.74, 6) is -0.227. The molecule has 4 heteroatoms. The predicted molar refractivity (Wildman–Crippen MR) is 65.7 cm³/mol. The first-order valence-electron chi connectivity index (χ1n) is 5.76. The van der Waals surface area contributed by atoms with E-state index in [4.69, 9.17) is 8.85 Å². The zero-order valence-electron chi connectivity index (χ0n) is 9.91. The van der Waals surface area contributed by atoms with E-state index >= 15 is 0 Å². The Kier molecular flexibility index (Phi) is 6.29. The van der Waals surface area contributed by atoms with Crippen LogP contribution in [0.3, 0.4) is 0 Å². The third-order valence-electron chi connectivity index (χ3n) is 2.07. The van der Waals surface area contributed by atoms with Crippen LogP contribution in [-0.4, -0.2) is 22.5 Å². The lowest BCUT2D eigenvalue weighted by atomic mass is 10.3. The molecule has 1 aromatic rings. The molecular weight excluding hydrogens is 223 g/mol. The number of rotatable bonds is 7. The van der Waals surface area contributed by atoms with Gasteiger partial charge in [-0.1, -0.05) is 26.0 Å². The number of hydrogen-bond acceptors (Lipinski definition) is 2. The molecule has 2 nitrogen and oxygen atoms in total. The molecule has 0 saturated heterocycles. The highest BCUT2D eigenvalue weighted by Crippen LogP contribution is 1.99. The van der Waals surface area contributed by atoms with Crippen molar-refractivity contribution in [3.05, 3.63) is 30.1 Å². The van der Waals surface area contributed by atoms with Gasteiger partial charge in [0.15, 0.2) is 0 Å². The van der Waals surface area contributed by atoms with Crippen LogP contribution in [0, 0.1) is 5.82 Å². The third-order valence-corrected chi connectivity index (χ3v) is 4.05. The molecule has 0 N–H and O–H groups in total. The summed E-state index contributed by atoms with van der Waals surface area (Å²) in [5.41, 5.74) is 0.